The van der Waals surface area contributed by atoms with E-state index in [2.05, 4.69) is 5.32 Å². The predicted molar refractivity (Wildman–Crippen MR) is 110 cm³/mol. The molecular weight excluding hydrogens is 391 g/mol. The van der Waals surface area contributed by atoms with E-state index < -0.39 is 15.8 Å². The largest absolute Gasteiger partial charge is 0.323 e. The summed E-state index contributed by atoms with van der Waals surface area (Å²) in [6.07, 6.45) is 3.85. The van der Waals surface area contributed by atoms with Gasteiger partial charge in [0.1, 0.15) is 5.82 Å². The number of rotatable bonds is 4. The van der Waals surface area contributed by atoms with Gasteiger partial charge in [0, 0.05) is 19.0 Å². The monoisotopic (exact) mass is 416 g/mol. The van der Waals surface area contributed by atoms with Gasteiger partial charge in [-0.15, -0.1) is 0 Å². The number of amides is 1. The maximum atomic E-state index is 13.9. The molecule has 0 spiro atoms. The first-order valence-electron chi connectivity index (χ1n) is 10.0. The molecule has 154 valence electrons. The van der Waals surface area contributed by atoms with Gasteiger partial charge in [0.15, 0.2) is 0 Å². The van der Waals surface area contributed by atoms with Crippen LogP contribution in [0.4, 0.5) is 10.1 Å². The molecule has 29 heavy (non-hydrogen) atoms. The zero-order chi connectivity index (χ0) is 20.6. The number of sulfonamides is 1. The lowest BCUT2D eigenvalue weighted by Gasteiger charge is -2.30. The fraction of sp³-hybridized carbons (Fsp3) is 0.409. The summed E-state index contributed by atoms with van der Waals surface area (Å²) in [5.74, 6) is -1.06. The van der Waals surface area contributed by atoms with Crippen LogP contribution in [-0.4, -0.2) is 31.7 Å². The first-order valence-corrected chi connectivity index (χ1v) is 11.5. The Labute approximate surface area is 171 Å². The number of halogens is 1. The van der Waals surface area contributed by atoms with Crippen LogP contribution in [0.2, 0.25) is 0 Å². The second-order valence-corrected chi connectivity index (χ2v) is 9.87. The summed E-state index contributed by atoms with van der Waals surface area (Å²) in [4.78, 5) is 12.9. The summed E-state index contributed by atoms with van der Waals surface area (Å²) >= 11 is 0. The van der Waals surface area contributed by atoms with Crippen molar-refractivity contribution in [2.24, 2.45) is 5.92 Å². The molecule has 0 bridgehead atoms. The van der Waals surface area contributed by atoms with Gasteiger partial charge >= 0.3 is 0 Å². The number of aryl methyl sites for hydroxylation is 3. The van der Waals surface area contributed by atoms with Crippen LogP contribution >= 0.6 is 0 Å². The Hall–Kier alpha value is -2.25. The van der Waals surface area contributed by atoms with E-state index in [0.29, 0.717) is 17.7 Å². The van der Waals surface area contributed by atoms with Gasteiger partial charge in [0.2, 0.25) is 15.9 Å². The lowest BCUT2D eigenvalue weighted by Crippen LogP contribution is -2.41. The SMILES string of the molecule is Cc1ccc(F)c(NC(=O)C2CCN(S(=O)(=O)c3ccc4c(c3)CCC4)CC2)c1. The van der Waals surface area contributed by atoms with Crippen molar-refractivity contribution in [3.8, 4) is 0 Å². The third-order valence-corrected chi connectivity index (χ3v) is 7.81. The van der Waals surface area contributed by atoms with E-state index in [-0.39, 0.29) is 30.6 Å². The van der Waals surface area contributed by atoms with Gasteiger partial charge in [-0.25, -0.2) is 12.8 Å². The van der Waals surface area contributed by atoms with Gasteiger partial charge in [0.05, 0.1) is 10.6 Å². The average Bonchev–Trinajstić information content (AvgIpc) is 3.18. The molecule has 5 nitrogen and oxygen atoms in total. The van der Waals surface area contributed by atoms with Crippen LogP contribution in [0.15, 0.2) is 41.3 Å². The molecule has 0 unspecified atom stereocenters. The van der Waals surface area contributed by atoms with Crippen LogP contribution < -0.4 is 5.32 Å². The number of hydrogen-bond donors (Lipinski definition) is 1. The molecule has 2 aromatic carbocycles. The number of carbonyl (C=O) groups excluding carboxylic acids is 1. The standard InChI is InChI=1S/C22H25FN2O3S/c1-15-5-8-20(23)21(13-15)24-22(26)17-9-11-25(12-10-17)29(27,28)19-7-6-16-3-2-4-18(16)14-19/h5-8,13-14,17H,2-4,9-12H2,1H3,(H,24,26). The number of benzene rings is 2. The molecule has 1 fully saturated rings. The van der Waals surface area contributed by atoms with Crippen molar-refractivity contribution in [3.63, 3.8) is 0 Å². The number of piperidine rings is 1. The molecule has 7 heteroatoms. The molecule has 1 aliphatic heterocycles. The van der Waals surface area contributed by atoms with E-state index in [9.17, 15) is 17.6 Å². The highest BCUT2D eigenvalue weighted by Gasteiger charge is 2.32. The number of carbonyl (C=O) groups is 1. The molecule has 2 aromatic rings. The van der Waals surface area contributed by atoms with E-state index >= 15 is 0 Å². The zero-order valence-corrected chi connectivity index (χ0v) is 17.3. The predicted octanol–water partition coefficient (Wildman–Crippen LogP) is 3.66. The van der Waals surface area contributed by atoms with Crippen molar-refractivity contribution in [2.75, 3.05) is 18.4 Å². The summed E-state index contributed by atoms with van der Waals surface area (Å²) in [6.45, 7) is 2.40. The Morgan fingerprint density at radius 2 is 1.79 bits per heavy atom. The van der Waals surface area contributed by atoms with Crippen LogP contribution in [-0.2, 0) is 27.7 Å². The van der Waals surface area contributed by atoms with Gasteiger partial charge in [-0.1, -0.05) is 12.1 Å². The van der Waals surface area contributed by atoms with E-state index in [1.54, 1.807) is 24.3 Å². The quantitative estimate of drug-likeness (QED) is 0.827. The first kappa shape index (κ1) is 20.0. The lowest BCUT2D eigenvalue weighted by atomic mass is 9.97. The fourth-order valence-corrected chi connectivity index (χ4v) is 5.71. The highest BCUT2D eigenvalue weighted by atomic mass is 32.2. The lowest BCUT2D eigenvalue weighted by molar-refractivity contribution is -0.120. The highest BCUT2D eigenvalue weighted by Crippen LogP contribution is 2.29. The summed E-state index contributed by atoms with van der Waals surface area (Å²) in [5, 5.41) is 2.65. The van der Waals surface area contributed by atoms with Crippen molar-refractivity contribution in [3.05, 3.63) is 58.9 Å². The minimum absolute atomic E-state index is 0.170. The van der Waals surface area contributed by atoms with E-state index in [1.165, 1.54) is 15.9 Å². The van der Waals surface area contributed by atoms with Crippen molar-refractivity contribution >= 4 is 21.6 Å². The summed E-state index contributed by atoms with van der Waals surface area (Å²) in [6, 6.07) is 9.99. The van der Waals surface area contributed by atoms with E-state index in [1.807, 2.05) is 13.0 Å². The second kappa shape index (κ2) is 7.88. The Kier molecular flexibility index (Phi) is 5.44. The Morgan fingerprint density at radius 1 is 1.07 bits per heavy atom. The highest BCUT2D eigenvalue weighted by molar-refractivity contribution is 7.89. The van der Waals surface area contributed by atoms with Crippen molar-refractivity contribution in [1.29, 1.82) is 0 Å². The number of anilines is 1. The van der Waals surface area contributed by atoms with Gasteiger partial charge in [0.25, 0.3) is 0 Å². The normalized spacial score (nSPS) is 17.9. The topological polar surface area (TPSA) is 66.5 Å². The average molecular weight is 417 g/mol. The van der Waals surface area contributed by atoms with Crippen LogP contribution in [0.1, 0.15) is 36.0 Å². The smallest absolute Gasteiger partial charge is 0.243 e. The summed E-state index contributed by atoms with van der Waals surface area (Å²) < 4.78 is 41.4. The third kappa shape index (κ3) is 4.07. The molecule has 2 aliphatic rings. The van der Waals surface area contributed by atoms with Gasteiger partial charge in [-0.2, -0.15) is 4.31 Å². The Balaban J connectivity index is 1.41. The number of nitrogens with one attached hydrogen (secondary N) is 1. The Bertz CT molecular complexity index is 1040. The molecule has 1 aliphatic carbocycles. The van der Waals surface area contributed by atoms with Gasteiger partial charge in [-0.05, 0) is 80.0 Å². The first-order chi connectivity index (χ1) is 13.8. The maximum absolute atomic E-state index is 13.9. The van der Waals surface area contributed by atoms with E-state index in [0.717, 1.165) is 30.4 Å². The number of hydrogen-bond acceptors (Lipinski definition) is 3. The number of nitrogens with zero attached hydrogens (tertiary/aromatic N) is 1. The van der Waals surface area contributed by atoms with E-state index in [4.69, 9.17) is 0 Å². The minimum atomic E-state index is -3.56. The molecular formula is C22H25FN2O3S. The van der Waals surface area contributed by atoms with Gasteiger partial charge in [-0.3, -0.25) is 4.79 Å². The fourth-order valence-electron chi connectivity index (χ4n) is 4.19. The molecule has 0 atom stereocenters. The van der Waals surface area contributed by atoms with Crippen LogP contribution in [0.3, 0.4) is 0 Å². The van der Waals surface area contributed by atoms with Crippen LogP contribution in [0.25, 0.3) is 0 Å². The molecule has 1 heterocycles. The molecule has 0 saturated carbocycles. The summed E-state index contributed by atoms with van der Waals surface area (Å²) in [7, 11) is -3.56. The molecule has 1 saturated heterocycles. The Morgan fingerprint density at radius 3 is 2.55 bits per heavy atom. The minimum Gasteiger partial charge on any atom is -0.323 e. The van der Waals surface area contributed by atoms with Crippen molar-refractivity contribution < 1.29 is 17.6 Å². The summed E-state index contributed by atoms with van der Waals surface area (Å²) in [5.41, 5.74) is 3.39. The molecule has 0 aromatic heterocycles. The maximum Gasteiger partial charge on any atom is 0.243 e. The van der Waals surface area contributed by atoms with Crippen LogP contribution in [0, 0.1) is 18.7 Å². The van der Waals surface area contributed by atoms with Crippen molar-refractivity contribution in [1.82, 2.24) is 4.31 Å². The molecule has 1 amide bonds. The molecule has 0 radical (unpaired) electrons. The van der Waals surface area contributed by atoms with Crippen molar-refractivity contribution in [2.45, 2.75) is 43.9 Å². The zero-order valence-electron chi connectivity index (χ0n) is 16.4. The van der Waals surface area contributed by atoms with Crippen LogP contribution in [0.5, 0.6) is 0 Å². The van der Waals surface area contributed by atoms with Gasteiger partial charge < -0.3 is 5.32 Å². The molecule has 4 rings (SSSR count). The third-order valence-electron chi connectivity index (χ3n) is 5.91. The molecule has 1 N–H and O–H groups in total. The second-order valence-electron chi connectivity index (χ2n) is 7.93. The number of fused-ring (bicyclic) bond motifs is 1.